The fourth-order valence-corrected chi connectivity index (χ4v) is 6.36. The number of fused-ring (bicyclic) bond motifs is 3. The molecule has 9 heteroatoms. The number of carbonyl (C=O) groups excluding carboxylic acids is 2. The van der Waals surface area contributed by atoms with Crippen LogP contribution in [0.1, 0.15) is 46.5 Å². The van der Waals surface area contributed by atoms with Crippen LogP contribution in [-0.2, 0) is 25.8 Å². The molecule has 1 heterocycles. The second kappa shape index (κ2) is 7.15. The van der Waals surface area contributed by atoms with Gasteiger partial charge in [0.05, 0.1) is 30.8 Å². The minimum absolute atomic E-state index is 0.0420. The van der Waals surface area contributed by atoms with Crippen molar-refractivity contribution in [2.75, 3.05) is 21.3 Å². The lowest BCUT2D eigenvalue weighted by Crippen LogP contribution is -2.45. The Balaban J connectivity index is 2.17. The maximum atomic E-state index is 13.6. The molecule has 2 aliphatic rings. The lowest BCUT2D eigenvalue weighted by atomic mass is 9.75. The van der Waals surface area contributed by atoms with Crippen molar-refractivity contribution < 1.29 is 37.3 Å². The number of sulfone groups is 1. The molecular formula is C22H22O8S. The third-order valence-corrected chi connectivity index (χ3v) is 7.95. The molecule has 2 atom stereocenters. The van der Waals surface area contributed by atoms with Crippen molar-refractivity contribution >= 4 is 21.4 Å². The number of benzene rings is 2. The fraction of sp³-hybridized carbons (Fsp3) is 0.364. The van der Waals surface area contributed by atoms with Gasteiger partial charge in [-0.15, -0.1) is 0 Å². The Labute approximate surface area is 179 Å². The summed E-state index contributed by atoms with van der Waals surface area (Å²) in [4.78, 5) is 25.2. The molecular weight excluding hydrogens is 424 g/mol. The quantitative estimate of drug-likeness (QED) is 0.647. The van der Waals surface area contributed by atoms with Crippen molar-refractivity contribution in [3.05, 3.63) is 46.5 Å². The molecule has 0 amide bonds. The zero-order valence-corrected chi connectivity index (χ0v) is 18.3. The van der Waals surface area contributed by atoms with E-state index in [9.17, 15) is 23.1 Å². The molecule has 1 aliphatic carbocycles. The largest absolute Gasteiger partial charge is 0.496 e. The second-order valence-electron chi connectivity index (χ2n) is 7.68. The van der Waals surface area contributed by atoms with Crippen molar-refractivity contribution in [2.45, 2.75) is 41.3 Å². The smallest absolute Gasteiger partial charge is 0.211 e. The lowest BCUT2D eigenvalue weighted by molar-refractivity contribution is -0.140. The van der Waals surface area contributed by atoms with Gasteiger partial charge in [-0.2, -0.15) is 0 Å². The molecule has 0 aromatic heterocycles. The number of rotatable bonds is 4. The summed E-state index contributed by atoms with van der Waals surface area (Å²) in [6, 6.07) is 5.93. The van der Waals surface area contributed by atoms with E-state index in [1.165, 1.54) is 46.5 Å². The highest BCUT2D eigenvalue weighted by molar-refractivity contribution is 7.92. The van der Waals surface area contributed by atoms with Crippen molar-refractivity contribution in [1.82, 2.24) is 0 Å². The Morgan fingerprint density at radius 1 is 1.13 bits per heavy atom. The van der Waals surface area contributed by atoms with E-state index in [-0.39, 0.29) is 50.8 Å². The molecule has 0 radical (unpaired) electrons. The molecule has 2 aromatic rings. The Morgan fingerprint density at radius 3 is 2.35 bits per heavy atom. The molecule has 31 heavy (non-hydrogen) atoms. The van der Waals surface area contributed by atoms with E-state index in [2.05, 4.69) is 0 Å². The van der Waals surface area contributed by atoms with Crippen LogP contribution in [0.15, 0.2) is 34.1 Å². The van der Waals surface area contributed by atoms with Crippen LogP contribution in [-0.4, -0.2) is 52.0 Å². The predicted octanol–water partition coefficient (Wildman–Crippen LogP) is 2.03. The predicted molar refractivity (Wildman–Crippen MR) is 109 cm³/mol. The van der Waals surface area contributed by atoms with Crippen LogP contribution < -0.4 is 9.47 Å². The number of ketones is 2. The van der Waals surface area contributed by atoms with E-state index in [0.29, 0.717) is 5.56 Å². The first-order valence-electron chi connectivity index (χ1n) is 9.58. The van der Waals surface area contributed by atoms with Gasteiger partial charge in [-0.1, -0.05) is 12.1 Å². The maximum Gasteiger partial charge on any atom is 0.211 e. The molecule has 164 valence electrons. The van der Waals surface area contributed by atoms with Gasteiger partial charge < -0.3 is 19.3 Å². The lowest BCUT2D eigenvalue weighted by Gasteiger charge is -2.39. The zero-order chi connectivity index (χ0) is 22.7. The zero-order valence-electron chi connectivity index (χ0n) is 17.5. The first-order chi connectivity index (χ1) is 14.6. The van der Waals surface area contributed by atoms with Gasteiger partial charge in [0.25, 0.3) is 0 Å². The maximum absolute atomic E-state index is 13.6. The summed E-state index contributed by atoms with van der Waals surface area (Å²) >= 11 is 0. The Kier molecular flexibility index (Phi) is 4.95. The summed E-state index contributed by atoms with van der Waals surface area (Å²) < 4.78 is 43.8. The first-order valence-corrected chi connectivity index (χ1v) is 11.1. The fourth-order valence-electron chi connectivity index (χ4n) is 4.53. The van der Waals surface area contributed by atoms with E-state index in [0.717, 1.165) is 0 Å². The highest BCUT2D eigenvalue weighted by atomic mass is 32.2. The van der Waals surface area contributed by atoms with Crippen LogP contribution in [0.3, 0.4) is 0 Å². The standard InChI is InChI=1S/C22H22O8S/c1-11(23)22(25)9-13-16(14(10-22)28-2)20(30-4)17-18(24)12-7-5-6-8-15(12)31(26,27)21(17)19(13)29-3/h5-8,14,25H,9-10H2,1-4H3/t14-,22-/m0/s1. The van der Waals surface area contributed by atoms with E-state index < -0.39 is 33.1 Å². The number of methoxy groups -OCH3 is 3. The van der Waals surface area contributed by atoms with Gasteiger partial charge in [-0.05, 0) is 19.1 Å². The van der Waals surface area contributed by atoms with Gasteiger partial charge in [-0.25, -0.2) is 8.42 Å². The minimum Gasteiger partial charge on any atom is -0.496 e. The minimum atomic E-state index is -4.16. The van der Waals surface area contributed by atoms with Crippen LogP contribution in [0, 0.1) is 0 Å². The Morgan fingerprint density at radius 2 is 1.77 bits per heavy atom. The number of hydrogen-bond acceptors (Lipinski definition) is 8. The van der Waals surface area contributed by atoms with Crippen LogP contribution in [0.25, 0.3) is 0 Å². The van der Waals surface area contributed by atoms with E-state index >= 15 is 0 Å². The molecule has 0 saturated carbocycles. The summed E-state index contributed by atoms with van der Waals surface area (Å²) in [6.07, 6.45) is -1.09. The number of Topliss-reactive ketones (excluding diaryl/α,β-unsaturated/α-hetero) is 1. The SMILES string of the molecule is COc1c2c(c(OC)c3c1[C@@H](OC)C[C@](O)(C(C)=O)C3)S(=O)(=O)c1ccccc1C2=O. The molecule has 4 rings (SSSR count). The van der Waals surface area contributed by atoms with Crippen LogP contribution in [0.5, 0.6) is 11.5 Å². The van der Waals surface area contributed by atoms with Crippen LogP contribution in [0.2, 0.25) is 0 Å². The molecule has 1 N–H and O–H groups in total. The Hall–Kier alpha value is -2.75. The highest BCUT2D eigenvalue weighted by Crippen LogP contribution is 2.53. The third-order valence-electron chi connectivity index (χ3n) is 6.08. The summed E-state index contributed by atoms with van der Waals surface area (Å²) in [5.74, 6) is -1.04. The average Bonchev–Trinajstić information content (AvgIpc) is 2.75. The molecule has 0 saturated heterocycles. The van der Waals surface area contributed by atoms with Gasteiger partial charge >= 0.3 is 0 Å². The molecule has 1 aliphatic heterocycles. The molecule has 2 aromatic carbocycles. The average molecular weight is 446 g/mol. The second-order valence-corrected chi connectivity index (χ2v) is 9.54. The van der Waals surface area contributed by atoms with Crippen molar-refractivity contribution in [3.8, 4) is 11.5 Å². The molecule has 8 nitrogen and oxygen atoms in total. The number of aliphatic hydroxyl groups is 1. The third kappa shape index (κ3) is 2.84. The van der Waals surface area contributed by atoms with Gasteiger partial charge in [0, 0.05) is 36.6 Å². The van der Waals surface area contributed by atoms with E-state index in [1.54, 1.807) is 6.07 Å². The highest BCUT2D eigenvalue weighted by Gasteiger charge is 2.49. The molecule has 0 bridgehead atoms. The summed E-state index contributed by atoms with van der Waals surface area (Å²) in [5.41, 5.74) is -1.20. The van der Waals surface area contributed by atoms with Gasteiger partial charge in [-0.3, -0.25) is 9.59 Å². The normalized spacial score (nSPS) is 23.4. The number of ether oxygens (including phenoxy) is 3. The number of carbonyl (C=O) groups is 2. The van der Waals surface area contributed by atoms with Crippen molar-refractivity contribution in [1.29, 1.82) is 0 Å². The van der Waals surface area contributed by atoms with E-state index in [1.807, 2.05) is 0 Å². The van der Waals surface area contributed by atoms with Gasteiger partial charge in [0.2, 0.25) is 9.84 Å². The summed E-state index contributed by atoms with van der Waals surface area (Å²) in [7, 11) is -0.137. The first kappa shape index (κ1) is 21.5. The summed E-state index contributed by atoms with van der Waals surface area (Å²) in [6.45, 7) is 1.26. The van der Waals surface area contributed by atoms with E-state index in [4.69, 9.17) is 14.2 Å². The van der Waals surface area contributed by atoms with Crippen LogP contribution >= 0.6 is 0 Å². The monoisotopic (exact) mass is 446 g/mol. The van der Waals surface area contributed by atoms with Gasteiger partial charge in [0.15, 0.2) is 11.6 Å². The van der Waals surface area contributed by atoms with Crippen molar-refractivity contribution in [2.24, 2.45) is 0 Å². The van der Waals surface area contributed by atoms with Crippen LogP contribution in [0.4, 0.5) is 0 Å². The molecule has 0 spiro atoms. The summed E-state index contributed by atoms with van der Waals surface area (Å²) in [5, 5.41) is 11.0. The molecule has 0 fully saturated rings. The number of hydrogen-bond donors (Lipinski definition) is 1. The molecule has 0 unspecified atom stereocenters. The topological polar surface area (TPSA) is 116 Å². The Bertz CT molecular complexity index is 1230. The van der Waals surface area contributed by atoms with Crippen molar-refractivity contribution in [3.63, 3.8) is 0 Å². The van der Waals surface area contributed by atoms with Gasteiger partial charge in [0.1, 0.15) is 22.0 Å².